The fourth-order valence-electron chi connectivity index (χ4n) is 3.02. The van der Waals surface area contributed by atoms with Crippen molar-refractivity contribution in [2.24, 2.45) is 5.92 Å². The maximum absolute atomic E-state index is 4.79. The zero-order chi connectivity index (χ0) is 13.9. The Morgan fingerprint density at radius 3 is 2.74 bits per heavy atom. The fraction of sp³-hybridized carbons (Fsp3) is 0.812. The molecule has 0 bridgehead atoms. The van der Waals surface area contributed by atoms with Crippen molar-refractivity contribution in [3.8, 4) is 0 Å². The molecule has 1 aromatic rings. The number of rotatable bonds is 4. The van der Waals surface area contributed by atoms with E-state index in [-0.39, 0.29) is 5.54 Å². The molecule has 0 aromatic carbocycles. The third kappa shape index (κ3) is 4.07. The molecule has 3 heteroatoms. The van der Waals surface area contributed by atoms with E-state index in [2.05, 4.69) is 50.0 Å². The lowest BCUT2D eigenvalue weighted by Crippen LogP contribution is -2.35. The number of hydrogen-bond acceptors (Lipinski definition) is 2. The first-order chi connectivity index (χ1) is 8.99. The van der Waals surface area contributed by atoms with Crippen molar-refractivity contribution < 1.29 is 0 Å². The van der Waals surface area contributed by atoms with E-state index >= 15 is 0 Å². The molecule has 0 aliphatic heterocycles. The average Bonchev–Trinajstić information content (AvgIpc) is 2.84. The summed E-state index contributed by atoms with van der Waals surface area (Å²) in [7, 11) is 0. The monoisotopic (exact) mass is 263 g/mol. The summed E-state index contributed by atoms with van der Waals surface area (Å²) in [6.45, 7) is 9.75. The van der Waals surface area contributed by atoms with Crippen LogP contribution in [0.5, 0.6) is 0 Å². The molecule has 1 aromatic heterocycles. The first kappa shape index (κ1) is 14.6. The number of nitrogens with zero attached hydrogens (tertiary/aromatic N) is 2. The minimum Gasteiger partial charge on any atom is -0.306 e. The molecule has 1 N–H and O–H groups in total. The van der Waals surface area contributed by atoms with E-state index in [9.17, 15) is 0 Å². The third-order valence-corrected chi connectivity index (χ3v) is 4.20. The lowest BCUT2D eigenvalue weighted by atomic mass is 9.83. The fourth-order valence-corrected chi connectivity index (χ4v) is 3.02. The lowest BCUT2D eigenvalue weighted by molar-refractivity contribution is 0.216. The summed E-state index contributed by atoms with van der Waals surface area (Å²) in [6, 6.07) is 2.79. The molecule has 2 unspecified atom stereocenters. The smallest absolute Gasteiger partial charge is 0.0762 e. The van der Waals surface area contributed by atoms with Crippen LogP contribution in [0.1, 0.15) is 71.5 Å². The van der Waals surface area contributed by atoms with Crippen LogP contribution in [0, 0.1) is 5.92 Å². The lowest BCUT2D eigenvalue weighted by Gasteiger charge is -2.31. The van der Waals surface area contributed by atoms with Gasteiger partial charge in [-0.15, -0.1) is 0 Å². The second kappa shape index (κ2) is 6.08. The summed E-state index contributed by atoms with van der Waals surface area (Å²) in [5.41, 5.74) is 1.32. The second-order valence-corrected chi connectivity index (χ2v) is 6.91. The molecule has 0 spiro atoms. The van der Waals surface area contributed by atoms with Crippen molar-refractivity contribution in [1.82, 2.24) is 15.1 Å². The number of aromatic nitrogens is 2. The van der Waals surface area contributed by atoms with Crippen molar-refractivity contribution in [3.05, 3.63) is 18.0 Å². The number of nitrogens with one attached hydrogen (secondary N) is 1. The summed E-state index contributed by atoms with van der Waals surface area (Å²) in [4.78, 5) is 0. The first-order valence-corrected chi connectivity index (χ1v) is 7.78. The maximum Gasteiger partial charge on any atom is 0.0762 e. The molecule has 0 saturated heterocycles. The number of hydrogen-bond donors (Lipinski definition) is 1. The highest BCUT2D eigenvalue weighted by molar-refractivity contribution is 5.01. The van der Waals surface area contributed by atoms with Crippen LogP contribution in [0.25, 0.3) is 0 Å². The predicted octanol–water partition coefficient (Wildman–Crippen LogP) is 3.91. The Hall–Kier alpha value is -0.830. The van der Waals surface area contributed by atoms with E-state index in [0.717, 1.165) is 18.2 Å². The van der Waals surface area contributed by atoms with Gasteiger partial charge in [0.15, 0.2) is 0 Å². The standard InChI is InChI=1S/C16H29N3/c1-5-13-8-6-7-9-15(13)19-11-10-14(18-19)12-17-16(2,3)4/h10-11,13,15,17H,5-9,12H2,1-4H3. The van der Waals surface area contributed by atoms with Crippen LogP contribution in [0.4, 0.5) is 0 Å². The van der Waals surface area contributed by atoms with Crippen LogP contribution in [0.2, 0.25) is 0 Å². The van der Waals surface area contributed by atoms with E-state index in [4.69, 9.17) is 5.10 Å². The molecule has 1 aliphatic carbocycles. The second-order valence-electron chi connectivity index (χ2n) is 6.91. The van der Waals surface area contributed by atoms with E-state index in [1.165, 1.54) is 32.1 Å². The molecule has 2 atom stereocenters. The van der Waals surface area contributed by atoms with Gasteiger partial charge in [-0.25, -0.2) is 0 Å². The molecule has 0 amide bonds. The molecule has 3 nitrogen and oxygen atoms in total. The Balaban J connectivity index is 1.99. The maximum atomic E-state index is 4.79. The molecule has 0 radical (unpaired) electrons. The summed E-state index contributed by atoms with van der Waals surface area (Å²) in [6.07, 6.45) is 8.88. The summed E-state index contributed by atoms with van der Waals surface area (Å²) in [5.74, 6) is 0.817. The average molecular weight is 263 g/mol. The van der Waals surface area contributed by atoms with Crippen LogP contribution in [0.15, 0.2) is 12.3 Å². The van der Waals surface area contributed by atoms with Gasteiger partial charge < -0.3 is 5.32 Å². The van der Waals surface area contributed by atoms with Gasteiger partial charge in [0.05, 0.1) is 11.7 Å². The van der Waals surface area contributed by atoms with Crippen LogP contribution in [-0.4, -0.2) is 15.3 Å². The molecule has 1 aliphatic rings. The quantitative estimate of drug-likeness (QED) is 0.892. The Morgan fingerprint density at radius 2 is 2.05 bits per heavy atom. The predicted molar refractivity (Wildman–Crippen MR) is 80.1 cm³/mol. The Morgan fingerprint density at radius 1 is 1.32 bits per heavy atom. The minimum atomic E-state index is 0.153. The Bertz CT molecular complexity index is 389. The van der Waals surface area contributed by atoms with Crippen LogP contribution in [-0.2, 0) is 6.54 Å². The Labute approximate surface area is 117 Å². The topological polar surface area (TPSA) is 29.9 Å². The molecule has 19 heavy (non-hydrogen) atoms. The molecule has 1 heterocycles. The van der Waals surface area contributed by atoms with Gasteiger partial charge in [-0.2, -0.15) is 5.10 Å². The van der Waals surface area contributed by atoms with Crippen molar-refractivity contribution in [3.63, 3.8) is 0 Å². The SMILES string of the molecule is CCC1CCCCC1n1ccc(CNC(C)(C)C)n1. The zero-order valence-corrected chi connectivity index (χ0v) is 12.9. The van der Waals surface area contributed by atoms with Crippen LogP contribution < -0.4 is 5.32 Å². The van der Waals surface area contributed by atoms with Crippen LogP contribution >= 0.6 is 0 Å². The first-order valence-electron chi connectivity index (χ1n) is 7.78. The van der Waals surface area contributed by atoms with Crippen molar-refractivity contribution >= 4 is 0 Å². The van der Waals surface area contributed by atoms with Crippen LogP contribution in [0.3, 0.4) is 0 Å². The molecule has 1 fully saturated rings. The third-order valence-electron chi connectivity index (χ3n) is 4.20. The normalized spacial score (nSPS) is 24.6. The molecular formula is C16H29N3. The van der Waals surface area contributed by atoms with E-state index < -0.39 is 0 Å². The van der Waals surface area contributed by atoms with Gasteiger partial charge in [0.25, 0.3) is 0 Å². The molecule has 2 rings (SSSR count). The van der Waals surface area contributed by atoms with Crippen molar-refractivity contribution in [2.75, 3.05) is 0 Å². The Kier molecular flexibility index (Phi) is 4.67. The summed E-state index contributed by atoms with van der Waals surface area (Å²) in [5, 5.41) is 8.29. The van der Waals surface area contributed by atoms with Gasteiger partial charge >= 0.3 is 0 Å². The van der Waals surface area contributed by atoms with E-state index in [1.807, 2.05) is 0 Å². The van der Waals surface area contributed by atoms with Gasteiger partial charge in [0, 0.05) is 18.3 Å². The van der Waals surface area contributed by atoms with Gasteiger partial charge in [0.1, 0.15) is 0 Å². The van der Waals surface area contributed by atoms with E-state index in [1.54, 1.807) is 0 Å². The van der Waals surface area contributed by atoms with Gasteiger partial charge in [-0.1, -0.05) is 26.2 Å². The highest BCUT2D eigenvalue weighted by Gasteiger charge is 2.25. The van der Waals surface area contributed by atoms with E-state index in [0.29, 0.717) is 6.04 Å². The molecule has 1 saturated carbocycles. The van der Waals surface area contributed by atoms with Gasteiger partial charge in [0.2, 0.25) is 0 Å². The van der Waals surface area contributed by atoms with Gasteiger partial charge in [-0.05, 0) is 45.6 Å². The van der Waals surface area contributed by atoms with Gasteiger partial charge in [-0.3, -0.25) is 4.68 Å². The van der Waals surface area contributed by atoms with Crippen molar-refractivity contribution in [1.29, 1.82) is 0 Å². The summed E-state index contributed by atoms with van der Waals surface area (Å²) < 4.78 is 2.23. The van der Waals surface area contributed by atoms with Crippen molar-refractivity contribution in [2.45, 2.75) is 77.9 Å². The minimum absolute atomic E-state index is 0.153. The summed E-state index contributed by atoms with van der Waals surface area (Å²) >= 11 is 0. The largest absolute Gasteiger partial charge is 0.306 e. The zero-order valence-electron chi connectivity index (χ0n) is 12.9. The highest BCUT2D eigenvalue weighted by atomic mass is 15.3. The molecule has 108 valence electrons. The highest BCUT2D eigenvalue weighted by Crippen LogP contribution is 2.35. The molecular weight excluding hydrogens is 234 g/mol.